The van der Waals surface area contributed by atoms with Gasteiger partial charge in [0, 0.05) is 18.7 Å². The van der Waals surface area contributed by atoms with Gasteiger partial charge in [0.15, 0.2) is 0 Å². The Morgan fingerprint density at radius 3 is 2.59 bits per heavy atom. The monoisotopic (exact) mass is 462 g/mol. The van der Waals surface area contributed by atoms with E-state index in [0.29, 0.717) is 36.3 Å². The van der Waals surface area contributed by atoms with Crippen LogP contribution in [0.5, 0.6) is 0 Å². The average Bonchev–Trinajstić information content (AvgIpc) is 3.34. The number of amides is 3. The molecule has 7 nitrogen and oxygen atoms in total. The topological polar surface area (TPSA) is 73.0 Å². The highest BCUT2D eigenvalue weighted by Crippen LogP contribution is 2.33. The lowest BCUT2D eigenvalue weighted by atomic mass is 10.0. The van der Waals surface area contributed by atoms with E-state index in [1.54, 1.807) is 21.9 Å². The van der Waals surface area contributed by atoms with Crippen molar-refractivity contribution in [3.8, 4) is 0 Å². The van der Waals surface area contributed by atoms with E-state index in [4.69, 9.17) is 0 Å². The largest absolute Gasteiger partial charge is 0.352 e. The van der Waals surface area contributed by atoms with Gasteiger partial charge < -0.3 is 20.0 Å². The van der Waals surface area contributed by atoms with Gasteiger partial charge in [-0.1, -0.05) is 44.2 Å². The molecule has 1 saturated heterocycles. The van der Waals surface area contributed by atoms with Gasteiger partial charge in [0.25, 0.3) is 11.8 Å². The van der Waals surface area contributed by atoms with E-state index in [1.807, 2.05) is 36.4 Å². The quantitative estimate of drug-likeness (QED) is 0.581. The van der Waals surface area contributed by atoms with E-state index >= 15 is 0 Å². The number of benzene rings is 2. The van der Waals surface area contributed by atoms with Gasteiger partial charge in [-0.15, -0.1) is 0 Å². The maximum Gasteiger partial charge on any atom is 0.256 e. The molecule has 0 radical (unpaired) electrons. The molecule has 1 fully saturated rings. The number of carbonyl (C=O) groups is 3. The molecule has 7 heteroatoms. The van der Waals surface area contributed by atoms with Crippen LogP contribution in [0.3, 0.4) is 0 Å². The number of carbonyl (C=O) groups excluding carboxylic acids is 3. The SMILES string of the molecule is CCN(CC)CCCNC(=O)c1ccccc1CN1C(=O)C2CCCN2C(=O)c2ccccc21. The maximum atomic E-state index is 13.6. The van der Waals surface area contributed by atoms with Gasteiger partial charge in [-0.25, -0.2) is 0 Å². The molecule has 180 valence electrons. The summed E-state index contributed by atoms with van der Waals surface area (Å²) in [7, 11) is 0. The maximum absolute atomic E-state index is 13.6. The molecule has 2 heterocycles. The van der Waals surface area contributed by atoms with E-state index in [2.05, 4.69) is 24.1 Å². The van der Waals surface area contributed by atoms with E-state index < -0.39 is 6.04 Å². The summed E-state index contributed by atoms with van der Waals surface area (Å²) < 4.78 is 0. The Hall–Kier alpha value is -3.19. The number of fused-ring (bicyclic) bond motifs is 2. The number of anilines is 1. The van der Waals surface area contributed by atoms with Crippen molar-refractivity contribution < 1.29 is 14.4 Å². The first-order chi connectivity index (χ1) is 16.5. The molecule has 2 aromatic carbocycles. The van der Waals surface area contributed by atoms with Gasteiger partial charge in [0.2, 0.25) is 5.91 Å². The summed E-state index contributed by atoms with van der Waals surface area (Å²) >= 11 is 0. The minimum absolute atomic E-state index is 0.0785. The first-order valence-electron chi connectivity index (χ1n) is 12.3. The summed E-state index contributed by atoms with van der Waals surface area (Å²) in [4.78, 5) is 45.5. The molecule has 1 atom stereocenters. The van der Waals surface area contributed by atoms with Crippen LogP contribution in [0.2, 0.25) is 0 Å². The highest BCUT2D eigenvalue weighted by atomic mass is 16.2. The van der Waals surface area contributed by atoms with Crippen molar-refractivity contribution in [3.63, 3.8) is 0 Å². The van der Waals surface area contributed by atoms with Crippen molar-refractivity contribution in [2.24, 2.45) is 0 Å². The first-order valence-corrected chi connectivity index (χ1v) is 12.3. The number of hydrogen-bond acceptors (Lipinski definition) is 4. The van der Waals surface area contributed by atoms with Crippen molar-refractivity contribution in [2.75, 3.05) is 37.6 Å². The minimum atomic E-state index is -0.444. The van der Waals surface area contributed by atoms with E-state index in [-0.39, 0.29) is 24.3 Å². The van der Waals surface area contributed by atoms with E-state index in [0.717, 1.165) is 38.0 Å². The number of nitrogens with one attached hydrogen (secondary N) is 1. The molecule has 0 aromatic heterocycles. The van der Waals surface area contributed by atoms with E-state index in [1.165, 1.54) is 0 Å². The second kappa shape index (κ2) is 10.8. The summed E-state index contributed by atoms with van der Waals surface area (Å²) in [6.07, 6.45) is 2.38. The van der Waals surface area contributed by atoms with Crippen LogP contribution in [0.25, 0.3) is 0 Å². The van der Waals surface area contributed by atoms with Crippen LogP contribution >= 0.6 is 0 Å². The second-order valence-corrected chi connectivity index (χ2v) is 8.89. The molecule has 2 aliphatic heterocycles. The molecule has 0 aliphatic carbocycles. The minimum Gasteiger partial charge on any atom is -0.352 e. The Balaban J connectivity index is 1.54. The number of para-hydroxylation sites is 1. The molecular weight excluding hydrogens is 428 g/mol. The third-order valence-corrected chi connectivity index (χ3v) is 6.91. The number of hydrogen-bond donors (Lipinski definition) is 1. The Morgan fingerprint density at radius 2 is 1.79 bits per heavy atom. The van der Waals surface area contributed by atoms with Crippen molar-refractivity contribution in [1.82, 2.24) is 15.1 Å². The molecule has 2 aromatic rings. The van der Waals surface area contributed by atoms with Crippen LogP contribution in [0.4, 0.5) is 5.69 Å². The van der Waals surface area contributed by atoms with Crippen molar-refractivity contribution in [2.45, 2.75) is 45.7 Å². The van der Waals surface area contributed by atoms with Crippen LogP contribution < -0.4 is 10.2 Å². The zero-order valence-electron chi connectivity index (χ0n) is 20.1. The highest BCUT2D eigenvalue weighted by Gasteiger charge is 2.42. The van der Waals surface area contributed by atoms with Gasteiger partial charge >= 0.3 is 0 Å². The lowest BCUT2D eigenvalue weighted by Gasteiger charge is -2.26. The van der Waals surface area contributed by atoms with Crippen LogP contribution in [-0.4, -0.2) is 66.3 Å². The van der Waals surface area contributed by atoms with Crippen LogP contribution in [-0.2, 0) is 11.3 Å². The third kappa shape index (κ3) is 4.85. The first kappa shape index (κ1) is 24.0. The standard InChI is InChI=1S/C27H34N4O3/c1-3-29(4-2)17-10-16-28-25(32)21-12-6-5-11-20(21)19-31-23-14-8-7-13-22(23)26(33)30-18-9-15-24(30)27(31)34/h5-8,11-14,24H,3-4,9-10,15-19H2,1-2H3,(H,28,32). The summed E-state index contributed by atoms with van der Waals surface area (Å²) in [6.45, 7) is 8.66. The van der Waals surface area contributed by atoms with E-state index in [9.17, 15) is 14.4 Å². The normalized spacial score (nSPS) is 17.6. The molecule has 0 saturated carbocycles. The molecule has 0 bridgehead atoms. The van der Waals surface area contributed by atoms with Crippen molar-refractivity contribution in [1.29, 1.82) is 0 Å². The fourth-order valence-corrected chi connectivity index (χ4v) is 4.96. The Kier molecular flexibility index (Phi) is 7.63. The lowest BCUT2D eigenvalue weighted by molar-refractivity contribution is -0.122. The van der Waals surface area contributed by atoms with Gasteiger partial charge in [0.05, 0.1) is 17.8 Å². The molecule has 1 N–H and O–H groups in total. The molecule has 2 aliphatic rings. The molecule has 0 spiro atoms. The Labute approximate surface area is 201 Å². The summed E-state index contributed by atoms with van der Waals surface area (Å²) in [6, 6.07) is 14.3. The number of nitrogens with zero attached hydrogens (tertiary/aromatic N) is 3. The summed E-state index contributed by atoms with van der Waals surface area (Å²) in [5.41, 5.74) is 2.49. The van der Waals surface area contributed by atoms with Gasteiger partial charge in [-0.3, -0.25) is 14.4 Å². The average molecular weight is 463 g/mol. The zero-order valence-corrected chi connectivity index (χ0v) is 20.1. The predicted octanol–water partition coefficient (Wildman–Crippen LogP) is 3.30. The smallest absolute Gasteiger partial charge is 0.256 e. The molecule has 34 heavy (non-hydrogen) atoms. The fraction of sp³-hybridized carbons (Fsp3) is 0.444. The van der Waals surface area contributed by atoms with Gasteiger partial charge in [-0.05, 0) is 62.7 Å². The van der Waals surface area contributed by atoms with Crippen molar-refractivity contribution >= 4 is 23.4 Å². The molecule has 1 unspecified atom stereocenters. The molecular formula is C27H34N4O3. The molecule has 4 rings (SSSR count). The predicted molar refractivity (Wildman–Crippen MR) is 133 cm³/mol. The highest BCUT2D eigenvalue weighted by molar-refractivity contribution is 6.11. The summed E-state index contributed by atoms with van der Waals surface area (Å²) in [5, 5.41) is 3.04. The third-order valence-electron chi connectivity index (χ3n) is 6.91. The second-order valence-electron chi connectivity index (χ2n) is 8.89. The van der Waals surface area contributed by atoms with Crippen LogP contribution in [0.1, 0.15) is 59.4 Å². The fourth-order valence-electron chi connectivity index (χ4n) is 4.96. The number of rotatable bonds is 9. The zero-order chi connectivity index (χ0) is 24.1. The summed E-state index contributed by atoms with van der Waals surface area (Å²) in [5.74, 6) is -0.303. The Bertz CT molecular complexity index is 1050. The van der Waals surface area contributed by atoms with Crippen LogP contribution in [0.15, 0.2) is 48.5 Å². The van der Waals surface area contributed by atoms with Gasteiger partial charge in [-0.2, -0.15) is 0 Å². The molecule has 3 amide bonds. The van der Waals surface area contributed by atoms with Crippen molar-refractivity contribution in [3.05, 3.63) is 65.2 Å². The van der Waals surface area contributed by atoms with Crippen LogP contribution in [0, 0.1) is 0 Å². The lowest BCUT2D eigenvalue weighted by Crippen LogP contribution is -2.44. The van der Waals surface area contributed by atoms with Gasteiger partial charge in [0.1, 0.15) is 6.04 Å². The Morgan fingerprint density at radius 1 is 1.06 bits per heavy atom.